The van der Waals surface area contributed by atoms with Crippen LogP contribution in [0.1, 0.15) is 18.4 Å². The lowest BCUT2D eigenvalue weighted by atomic mass is 10.1. The second-order valence-corrected chi connectivity index (χ2v) is 3.92. The molecule has 1 saturated heterocycles. The molecule has 0 amide bonds. The molecular weight excluding hydrogens is 176 g/mol. The first-order valence-corrected chi connectivity index (χ1v) is 5.05. The Bertz CT molecular complexity index is 305. The summed E-state index contributed by atoms with van der Waals surface area (Å²) in [6, 6.07) is 2.44. The van der Waals surface area contributed by atoms with E-state index in [-0.39, 0.29) is 0 Å². The van der Waals surface area contributed by atoms with Crippen LogP contribution in [0.3, 0.4) is 0 Å². The minimum absolute atomic E-state index is 0.365. The zero-order valence-electron chi connectivity index (χ0n) is 8.48. The Morgan fingerprint density at radius 1 is 1.43 bits per heavy atom. The number of piperidine rings is 1. The third-order valence-electron chi connectivity index (χ3n) is 2.64. The van der Waals surface area contributed by atoms with Crippen molar-refractivity contribution < 1.29 is 0 Å². The van der Waals surface area contributed by atoms with Crippen molar-refractivity contribution in [1.29, 1.82) is 0 Å². The van der Waals surface area contributed by atoms with Crippen molar-refractivity contribution in [3.05, 3.63) is 17.8 Å². The van der Waals surface area contributed by atoms with Crippen LogP contribution in [-0.2, 0) is 0 Å². The first kappa shape index (κ1) is 9.40. The zero-order chi connectivity index (χ0) is 9.97. The van der Waals surface area contributed by atoms with Gasteiger partial charge in [-0.05, 0) is 31.4 Å². The van der Waals surface area contributed by atoms with Crippen molar-refractivity contribution >= 4 is 5.82 Å². The first-order chi connectivity index (χ1) is 6.75. The van der Waals surface area contributed by atoms with Gasteiger partial charge in [0.05, 0.1) is 6.20 Å². The maximum Gasteiger partial charge on any atom is 0.151 e. The fourth-order valence-electron chi connectivity index (χ4n) is 1.73. The van der Waals surface area contributed by atoms with E-state index in [1.807, 2.05) is 6.92 Å². The summed E-state index contributed by atoms with van der Waals surface area (Å²) in [4.78, 5) is 2.25. The van der Waals surface area contributed by atoms with Crippen LogP contribution in [0.15, 0.2) is 12.3 Å². The van der Waals surface area contributed by atoms with Gasteiger partial charge in [0.1, 0.15) is 0 Å². The molecule has 0 aliphatic carbocycles. The normalized spacial score (nSPS) is 18.6. The molecule has 0 saturated carbocycles. The van der Waals surface area contributed by atoms with Gasteiger partial charge in [-0.15, -0.1) is 5.10 Å². The summed E-state index contributed by atoms with van der Waals surface area (Å²) >= 11 is 0. The van der Waals surface area contributed by atoms with Gasteiger partial charge in [-0.25, -0.2) is 0 Å². The lowest BCUT2D eigenvalue weighted by Crippen LogP contribution is -2.40. The Labute approximate surface area is 84.1 Å². The number of rotatable bonds is 1. The number of nitrogens with two attached hydrogens (primary N) is 1. The number of aryl methyl sites for hydroxylation is 1. The van der Waals surface area contributed by atoms with Crippen molar-refractivity contribution in [3.8, 4) is 0 Å². The summed E-state index contributed by atoms with van der Waals surface area (Å²) in [5, 5.41) is 8.08. The van der Waals surface area contributed by atoms with Crippen LogP contribution in [0.4, 0.5) is 5.82 Å². The number of hydrogen-bond acceptors (Lipinski definition) is 4. The molecule has 4 heteroatoms. The van der Waals surface area contributed by atoms with Gasteiger partial charge in [0, 0.05) is 19.1 Å². The van der Waals surface area contributed by atoms with Crippen molar-refractivity contribution in [2.45, 2.75) is 25.8 Å². The summed E-state index contributed by atoms with van der Waals surface area (Å²) in [6.45, 7) is 4.03. The van der Waals surface area contributed by atoms with Crippen LogP contribution in [0.2, 0.25) is 0 Å². The Hall–Kier alpha value is -1.16. The quantitative estimate of drug-likeness (QED) is 0.712. The summed E-state index contributed by atoms with van der Waals surface area (Å²) < 4.78 is 0. The standard InChI is InChI=1S/C10H16N4/c1-8-6-10(13-12-7-8)14-4-2-9(11)3-5-14/h6-7,9H,2-5,11H2,1H3. The lowest BCUT2D eigenvalue weighted by Gasteiger charge is -2.30. The lowest BCUT2D eigenvalue weighted by molar-refractivity contribution is 0.497. The van der Waals surface area contributed by atoms with Gasteiger partial charge in [-0.2, -0.15) is 5.10 Å². The number of hydrogen-bond donors (Lipinski definition) is 1. The summed E-state index contributed by atoms with van der Waals surface area (Å²) in [6.07, 6.45) is 3.88. The van der Waals surface area contributed by atoms with E-state index in [2.05, 4.69) is 21.2 Å². The molecule has 1 aliphatic heterocycles. The van der Waals surface area contributed by atoms with Crippen LogP contribution >= 0.6 is 0 Å². The van der Waals surface area contributed by atoms with E-state index in [0.717, 1.165) is 37.3 Å². The maximum atomic E-state index is 5.84. The summed E-state index contributed by atoms with van der Waals surface area (Å²) in [5.41, 5.74) is 7.00. The minimum Gasteiger partial charge on any atom is -0.355 e. The van der Waals surface area contributed by atoms with Crippen LogP contribution < -0.4 is 10.6 Å². The number of nitrogens with zero attached hydrogens (tertiary/aromatic N) is 3. The van der Waals surface area contributed by atoms with Gasteiger partial charge in [0.2, 0.25) is 0 Å². The molecule has 0 aromatic carbocycles. The van der Waals surface area contributed by atoms with Crippen LogP contribution in [0, 0.1) is 6.92 Å². The molecule has 1 aromatic heterocycles. The van der Waals surface area contributed by atoms with E-state index in [1.165, 1.54) is 0 Å². The minimum atomic E-state index is 0.365. The van der Waals surface area contributed by atoms with E-state index in [4.69, 9.17) is 5.73 Å². The summed E-state index contributed by atoms with van der Waals surface area (Å²) in [7, 11) is 0. The highest BCUT2D eigenvalue weighted by molar-refractivity contribution is 5.39. The highest BCUT2D eigenvalue weighted by Crippen LogP contribution is 2.16. The molecule has 14 heavy (non-hydrogen) atoms. The van der Waals surface area contributed by atoms with E-state index >= 15 is 0 Å². The second kappa shape index (κ2) is 3.92. The smallest absolute Gasteiger partial charge is 0.151 e. The van der Waals surface area contributed by atoms with Gasteiger partial charge < -0.3 is 10.6 Å². The topological polar surface area (TPSA) is 55.0 Å². The van der Waals surface area contributed by atoms with Crippen molar-refractivity contribution in [3.63, 3.8) is 0 Å². The number of anilines is 1. The predicted molar refractivity (Wildman–Crippen MR) is 56.2 cm³/mol. The molecule has 1 fully saturated rings. The molecule has 4 nitrogen and oxygen atoms in total. The van der Waals surface area contributed by atoms with E-state index < -0.39 is 0 Å². The fraction of sp³-hybridized carbons (Fsp3) is 0.600. The Balaban J connectivity index is 2.08. The molecule has 2 heterocycles. The molecule has 2 N–H and O–H groups in total. The van der Waals surface area contributed by atoms with Gasteiger partial charge in [0.25, 0.3) is 0 Å². The van der Waals surface area contributed by atoms with Crippen LogP contribution in [0.25, 0.3) is 0 Å². The molecular formula is C10H16N4. The number of aromatic nitrogens is 2. The Morgan fingerprint density at radius 2 is 2.14 bits per heavy atom. The Kier molecular flexibility index (Phi) is 2.63. The average molecular weight is 192 g/mol. The second-order valence-electron chi connectivity index (χ2n) is 3.92. The maximum absolute atomic E-state index is 5.84. The zero-order valence-corrected chi connectivity index (χ0v) is 8.48. The highest BCUT2D eigenvalue weighted by Gasteiger charge is 2.17. The molecule has 0 radical (unpaired) electrons. The van der Waals surface area contributed by atoms with E-state index in [9.17, 15) is 0 Å². The Morgan fingerprint density at radius 3 is 2.79 bits per heavy atom. The molecule has 76 valence electrons. The largest absolute Gasteiger partial charge is 0.355 e. The SMILES string of the molecule is Cc1cnnc(N2CCC(N)CC2)c1. The molecule has 0 spiro atoms. The van der Waals surface area contributed by atoms with Crippen molar-refractivity contribution in [1.82, 2.24) is 10.2 Å². The molecule has 1 aliphatic rings. The summed E-state index contributed by atoms with van der Waals surface area (Å²) in [5.74, 6) is 0.983. The van der Waals surface area contributed by atoms with Crippen LogP contribution in [-0.4, -0.2) is 29.3 Å². The van der Waals surface area contributed by atoms with Gasteiger partial charge in [-0.1, -0.05) is 0 Å². The predicted octanol–water partition coefficient (Wildman–Crippen LogP) is 0.713. The van der Waals surface area contributed by atoms with Gasteiger partial charge in [0.15, 0.2) is 5.82 Å². The molecule has 0 atom stereocenters. The van der Waals surface area contributed by atoms with E-state index in [0.29, 0.717) is 6.04 Å². The molecule has 1 aromatic rings. The monoisotopic (exact) mass is 192 g/mol. The first-order valence-electron chi connectivity index (χ1n) is 5.05. The third-order valence-corrected chi connectivity index (χ3v) is 2.64. The third kappa shape index (κ3) is 2.01. The van der Waals surface area contributed by atoms with Crippen molar-refractivity contribution in [2.75, 3.05) is 18.0 Å². The van der Waals surface area contributed by atoms with Crippen LogP contribution in [0.5, 0.6) is 0 Å². The highest BCUT2D eigenvalue weighted by atomic mass is 15.3. The van der Waals surface area contributed by atoms with Gasteiger partial charge >= 0.3 is 0 Å². The molecule has 2 rings (SSSR count). The van der Waals surface area contributed by atoms with E-state index in [1.54, 1.807) is 6.20 Å². The average Bonchev–Trinajstić information content (AvgIpc) is 2.19. The molecule has 0 unspecified atom stereocenters. The fourth-order valence-corrected chi connectivity index (χ4v) is 1.73. The van der Waals surface area contributed by atoms with Crippen molar-refractivity contribution in [2.24, 2.45) is 5.73 Å². The van der Waals surface area contributed by atoms with Gasteiger partial charge in [-0.3, -0.25) is 0 Å². The molecule has 0 bridgehead atoms.